The molecule has 0 radical (unpaired) electrons. The molecule has 82 valence electrons. The maximum Gasteiger partial charge on any atom is 0.160 e. The van der Waals surface area contributed by atoms with E-state index in [4.69, 9.17) is 0 Å². The first-order valence-corrected chi connectivity index (χ1v) is 5.93. The van der Waals surface area contributed by atoms with Gasteiger partial charge >= 0.3 is 0 Å². The van der Waals surface area contributed by atoms with Crippen LogP contribution in [0.1, 0.15) is 15.2 Å². The van der Waals surface area contributed by atoms with Crippen LogP contribution in [0.15, 0.2) is 35.7 Å². The zero-order valence-electron chi connectivity index (χ0n) is 9.31. The molecule has 3 heteroatoms. The van der Waals surface area contributed by atoms with Crippen molar-refractivity contribution in [2.24, 2.45) is 0 Å². The first-order chi connectivity index (χ1) is 7.72. The van der Waals surface area contributed by atoms with Crippen LogP contribution in [0.25, 0.3) is 0 Å². The van der Waals surface area contributed by atoms with E-state index in [1.165, 1.54) is 16.9 Å². The third-order valence-electron chi connectivity index (χ3n) is 2.59. The van der Waals surface area contributed by atoms with Crippen LogP contribution in [0, 0.1) is 6.92 Å². The average Bonchev–Trinajstić information content (AvgIpc) is 2.77. The fourth-order valence-corrected chi connectivity index (χ4v) is 2.39. The Morgan fingerprint density at radius 1 is 1.31 bits per heavy atom. The minimum absolute atomic E-state index is 0.760. The second kappa shape index (κ2) is 4.49. The van der Waals surface area contributed by atoms with Gasteiger partial charge in [0.1, 0.15) is 0 Å². The molecule has 0 saturated heterocycles. The molecule has 0 N–H and O–H groups in total. The van der Waals surface area contributed by atoms with Crippen molar-refractivity contribution in [3.63, 3.8) is 0 Å². The van der Waals surface area contributed by atoms with Crippen LogP contribution in [-0.4, -0.2) is 13.3 Å². The molecule has 0 aliphatic carbocycles. The molecule has 0 amide bonds. The van der Waals surface area contributed by atoms with Crippen molar-refractivity contribution in [3.8, 4) is 0 Å². The van der Waals surface area contributed by atoms with Crippen molar-refractivity contribution < 1.29 is 4.79 Å². The lowest BCUT2D eigenvalue weighted by Crippen LogP contribution is -2.09. The largest absolute Gasteiger partial charge is 0.344 e. The molecular weight excluding hydrogens is 218 g/mol. The fraction of sp³-hybridized carbons (Fsp3) is 0.154. The standard InChI is InChI=1S/C13H13NOS/c1-10-5-3-4-6-13(10)14(2)11-7-12(8-15)16-9-11/h3-9H,1-2H3. The number of thiophene rings is 1. The minimum Gasteiger partial charge on any atom is -0.344 e. The van der Waals surface area contributed by atoms with Crippen molar-refractivity contribution >= 4 is 29.0 Å². The quantitative estimate of drug-likeness (QED) is 0.752. The molecule has 1 aromatic carbocycles. The van der Waals surface area contributed by atoms with Crippen molar-refractivity contribution in [2.45, 2.75) is 6.92 Å². The molecule has 0 unspecified atom stereocenters. The lowest BCUT2D eigenvalue weighted by atomic mass is 10.2. The molecule has 0 fully saturated rings. The molecule has 0 saturated carbocycles. The Balaban J connectivity index is 2.35. The summed E-state index contributed by atoms with van der Waals surface area (Å²) in [6.45, 7) is 2.08. The summed E-state index contributed by atoms with van der Waals surface area (Å²) in [5.41, 5.74) is 3.45. The molecule has 16 heavy (non-hydrogen) atoms. The molecule has 0 bridgehead atoms. The first-order valence-electron chi connectivity index (χ1n) is 5.05. The number of benzene rings is 1. The van der Waals surface area contributed by atoms with Crippen molar-refractivity contribution in [1.29, 1.82) is 0 Å². The van der Waals surface area contributed by atoms with E-state index >= 15 is 0 Å². The third-order valence-corrected chi connectivity index (χ3v) is 3.43. The Morgan fingerprint density at radius 3 is 2.69 bits per heavy atom. The van der Waals surface area contributed by atoms with Gasteiger partial charge in [0.2, 0.25) is 0 Å². The van der Waals surface area contributed by atoms with Gasteiger partial charge in [-0.15, -0.1) is 11.3 Å². The third kappa shape index (κ3) is 1.99. The maximum absolute atomic E-state index is 10.6. The highest BCUT2D eigenvalue weighted by Crippen LogP contribution is 2.29. The zero-order chi connectivity index (χ0) is 11.5. The summed E-state index contributed by atoms with van der Waals surface area (Å²) in [7, 11) is 2.01. The van der Waals surface area contributed by atoms with Gasteiger partial charge in [-0.25, -0.2) is 0 Å². The second-order valence-corrected chi connectivity index (χ2v) is 4.61. The first kappa shape index (κ1) is 10.9. The molecule has 2 aromatic rings. The van der Waals surface area contributed by atoms with Gasteiger partial charge in [-0.3, -0.25) is 4.79 Å². The van der Waals surface area contributed by atoms with E-state index in [1.54, 1.807) is 0 Å². The SMILES string of the molecule is Cc1ccccc1N(C)c1csc(C=O)c1. The highest BCUT2D eigenvalue weighted by atomic mass is 32.1. The fourth-order valence-electron chi connectivity index (χ4n) is 1.66. The van der Waals surface area contributed by atoms with Gasteiger partial charge in [0, 0.05) is 18.1 Å². The Morgan fingerprint density at radius 2 is 2.06 bits per heavy atom. The molecular formula is C13H13NOS. The van der Waals surface area contributed by atoms with Crippen molar-refractivity contribution in [1.82, 2.24) is 0 Å². The van der Waals surface area contributed by atoms with Gasteiger partial charge in [0.15, 0.2) is 6.29 Å². The molecule has 0 atom stereocenters. The summed E-state index contributed by atoms with van der Waals surface area (Å²) in [5, 5.41) is 2.00. The van der Waals surface area contributed by atoms with Crippen LogP contribution >= 0.6 is 11.3 Å². The molecule has 0 spiro atoms. The van der Waals surface area contributed by atoms with Gasteiger partial charge in [-0.05, 0) is 24.6 Å². The van der Waals surface area contributed by atoms with Crippen LogP contribution in [0.5, 0.6) is 0 Å². The van der Waals surface area contributed by atoms with Crippen molar-refractivity contribution in [2.75, 3.05) is 11.9 Å². The number of rotatable bonds is 3. The molecule has 1 aromatic heterocycles. The number of anilines is 2. The summed E-state index contributed by atoms with van der Waals surface area (Å²) >= 11 is 1.47. The predicted octanol–water partition coefficient (Wildman–Crippen LogP) is 3.64. The summed E-state index contributed by atoms with van der Waals surface area (Å²) < 4.78 is 0. The maximum atomic E-state index is 10.6. The lowest BCUT2D eigenvalue weighted by Gasteiger charge is -2.19. The number of aldehydes is 1. The van der Waals surface area contributed by atoms with E-state index in [0.29, 0.717) is 0 Å². The summed E-state index contributed by atoms with van der Waals surface area (Å²) in [5.74, 6) is 0. The van der Waals surface area contributed by atoms with Crippen molar-refractivity contribution in [3.05, 3.63) is 46.2 Å². The Kier molecular flexibility index (Phi) is 3.06. The number of carbonyl (C=O) groups excluding carboxylic acids is 1. The van der Waals surface area contributed by atoms with Gasteiger partial charge < -0.3 is 4.90 Å². The normalized spacial score (nSPS) is 10.1. The van der Waals surface area contributed by atoms with Crippen LogP contribution in [-0.2, 0) is 0 Å². The molecule has 2 rings (SSSR count). The topological polar surface area (TPSA) is 20.3 Å². The lowest BCUT2D eigenvalue weighted by molar-refractivity contribution is 0.112. The average molecular weight is 231 g/mol. The molecule has 2 nitrogen and oxygen atoms in total. The highest BCUT2D eigenvalue weighted by molar-refractivity contribution is 7.12. The number of hydrogen-bond donors (Lipinski definition) is 0. The van der Waals surface area contributed by atoms with Crippen LogP contribution in [0.3, 0.4) is 0 Å². The number of aryl methyl sites for hydroxylation is 1. The van der Waals surface area contributed by atoms with E-state index in [0.717, 1.165) is 22.5 Å². The van der Waals surface area contributed by atoms with E-state index in [9.17, 15) is 4.79 Å². The Hall–Kier alpha value is -1.61. The number of hydrogen-bond acceptors (Lipinski definition) is 3. The van der Waals surface area contributed by atoms with Crippen LogP contribution in [0.4, 0.5) is 11.4 Å². The number of para-hydroxylation sites is 1. The van der Waals surface area contributed by atoms with Gasteiger partial charge in [-0.1, -0.05) is 18.2 Å². The van der Waals surface area contributed by atoms with E-state index in [1.807, 2.05) is 30.6 Å². The Labute approximate surface area is 99.1 Å². The second-order valence-electron chi connectivity index (χ2n) is 3.67. The van der Waals surface area contributed by atoms with Gasteiger partial charge in [0.05, 0.1) is 10.6 Å². The van der Waals surface area contributed by atoms with Crippen LogP contribution in [0.2, 0.25) is 0 Å². The van der Waals surface area contributed by atoms with Crippen LogP contribution < -0.4 is 4.90 Å². The minimum atomic E-state index is 0.760. The molecule has 1 heterocycles. The monoisotopic (exact) mass is 231 g/mol. The smallest absolute Gasteiger partial charge is 0.160 e. The van der Waals surface area contributed by atoms with Gasteiger partial charge in [-0.2, -0.15) is 0 Å². The van der Waals surface area contributed by atoms with E-state index in [-0.39, 0.29) is 0 Å². The summed E-state index contributed by atoms with van der Waals surface area (Å²) in [4.78, 5) is 13.5. The van der Waals surface area contributed by atoms with E-state index < -0.39 is 0 Å². The number of carbonyl (C=O) groups is 1. The van der Waals surface area contributed by atoms with E-state index in [2.05, 4.69) is 24.0 Å². The summed E-state index contributed by atoms with van der Waals surface area (Å²) in [6.07, 6.45) is 0.889. The zero-order valence-corrected chi connectivity index (χ0v) is 10.1. The predicted molar refractivity (Wildman–Crippen MR) is 68.9 cm³/mol. The Bertz CT molecular complexity index is 504. The molecule has 0 aliphatic heterocycles. The summed E-state index contributed by atoms with van der Waals surface area (Å²) in [6, 6.07) is 10.1. The molecule has 0 aliphatic rings. The number of nitrogens with zero attached hydrogens (tertiary/aromatic N) is 1. The highest BCUT2D eigenvalue weighted by Gasteiger charge is 2.08. The van der Waals surface area contributed by atoms with Gasteiger partial charge in [0.25, 0.3) is 0 Å².